The SMILES string of the molecule is Cc1cc(OCC(=O)Nc2nnc(SCc3ccc(Cl)cc3Cl)s2)cc(C)c1Cl. The van der Waals surface area contributed by atoms with Gasteiger partial charge >= 0.3 is 0 Å². The molecule has 0 atom stereocenters. The van der Waals surface area contributed by atoms with Crippen molar-refractivity contribution in [2.75, 3.05) is 11.9 Å². The maximum Gasteiger partial charge on any atom is 0.264 e. The van der Waals surface area contributed by atoms with E-state index in [2.05, 4.69) is 15.5 Å². The third-order valence-corrected chi connectivity index (χ3v) is 7.00. The first-order valence-electron chi connectivity index (χ1n) is 8.41. The van der Waals surface area contributed by atoms with Crippen LogP contribution in [0.5, 0.6) is 5.75 Å². The van der Waals surface area contributed by atoms with Crippen LogP contribution in [0.25, 0.3) is 0 Å². The number of carbonyl (C=O) groups is 1. The molecule has 1 N–H and O–H groups in total. The summed E-state index contributed by atoms with van der Waals surface area (Å²) in [6, 6.07) is 8.96. The van der Waals surface area contributed by atoms with Crippen LogP contribution in [0.3, 0.4) is 0 Å². The lowest BCUT2D eigenvalue weighted by Crippen LogP contribution is -2.20. The number of carbonyl (C=O) groups excluding carboxylic acids is 1. The minimum absolute atomic E-state index is 0.136. The average Bonchev–Trinajstić information content (AvgIpc) is 3.11. The molecule has 1 aromatic heterocycles. The van der Waals surface area contributed by atoms with Gasteiger partial charge in [0, 0.05) is 20.8 Å². The molecule has 0 aliphatic carbocycles. The van der Waals surface area contributed by atoms with E-state index in [1.807, 2.05) is 19.9 Å². The van der Waals surface area contributed by atoms with Crippen LogP contribution >= 0.6 is 57.9 Å². The molecule has 29 heavy (non-hydrogen) atoms. The second-order valence-corrected chi connectivity index (χ2v) is 9.53. The van der Waals surface area contributed by atoms with Gasteiger partial charge in [-0.1, -0.05) is 64.0 Å². The summed E-state index contributed by atoms with van der Waals surface area (Å²) in [5.74, 6) is 0.897. The van der Waals surface area contributed by atoms with Crippen molar-refractivity contribution in [3.8, 4) is 5.75 Å². The van der Waals surface area contributed by atoms with Crippen LogP contribution in [-0.4, -0.2) is 22.7 Å². The smallest absolute Gasteiger partial charge is 0.264 e. The molecule has 0 spiro atoms. The first kappa shape index (κ1) is 22.2. The van der Waals surface area contributed by atoms with E-state index >= 15 is 0 Å². The molecule has 0 aliphatic heterocycles. The average molecular weight is 489 g/mol. The van der Waals surface area contributed by atoms with E-state index in [0.717, 1.165) is 21.0 Å². The molecule has 0 bridgehead atoms. The van der Waals surface area contributed by atoms with Crippen LogP contribution < -0.4 is 10.1 Å². The predicted molar refractivity (Wildman–Crippen MR) is 121 cm³/mol. The molecule has 0 saturated carbocycles. The van der Waals surface area contributed by atoms with Crippen molar-refractivity contribution in [1.82, 2.24) is 10.2 Å². The van der Waals surface area contributed by atoms with E-state index in [4.69, 9.17) is 39.5 Å². The molecule has 0 unspecified atom stereocenters. The Bertz CT molecular complexity index is 1020. The van der Waals surface area contributed by atoms with Crippen LogP contribution in [0.4, 0.5) is 5.13 Å². The Morgan fingerprint density at radius 1 is 1.14 bits per heavy atom. The van der Waals surface area contributed by atoms with Gasteiger partial charge in [0.2, 0.25) is 5.13 Å². The lowest BCUT2D eigenvalue weighted by atomic mass is 10.1. The molecule has 1 amide bonds. The highest BCUT2D eigenvalue weighted by molar-refractivity contribution is 8.00. The van der Waals surface area contributed by atoms with Crippen LogP contribution in [-0.2, 0) is 10.5 Å². The fraction of sp³-hybridized carbons (Fsp3) is 0.211. The number of anilines is 1. The van der Waals surface area contributed by atoms with E-state index in [0.29, 0.717) is 31.7 Å². The van der Waals surface area contributed by atoms with Crippen molar-refractivity contribution in [1.29, 1.82) is 0 Å². The van der Waals surface area contributed by atoms with Gasteiger partial charge in [-0.05, 0) is 54.8 Å². The number of hydrogen-bond donors (Lipinski definition) is 1. The normalized spacial score (nSPS) is 10.8. The Hall–Kier alpha value is -1.51. The maximum absolute atomic E-state index is 12.1. The van der Waals surface area contributed by atoms with Crippen molar-refractivity contribution in [2.45, 2.75) is 23.9 Å². The highest BCUT2D eigenvalue weighted by atomic mass is 35.5. The monoisotopic (exact) mass is 487 g/mol. The van der Waals surface area contributed by atoms with Crippen molar-refractivity contribution >= 4 is 68.9 Å². The number of benzene rings is 2. The van der Waals surface area contributed by atoms with Crippen molar-refractivity contribution in [2.24, 2.45) is 0 Å². The molecular formula is C19H16Cl3N3O2S2. The van der Waals surface area contributed by atoms with Crippen molar-refractivity contribution < 1.29 is 9.53 Å². The number of rotatable bonds is 7. The van der Waals surface area contributed by atoms with Gasteiger partial charge in [-0.2, -0.15) is 0 Å². The Balaban J connectivity index is 1.51. The zero-order valence-corrected chi connectivity index (χ0v) is 19.4. The second kappa shape index (κ2) is 10.00. The number of hydrogen-bond acceptors (Lipinski definition) is 6. The molecular weight excluding hydrogens is 473 g/mol. The number of thioether (sulfide) groups is 1. The molecule has 1 heterocycles. The van der Waals surface area contributed by atoms with Gasteiger partial charge in [-0.15, -0.1) is 10.2 Å². The van der Waals surface area contributed by atoms with E-state index < -0.39 is 0 Å². The summed E-state index contributed by atoms with van der Waals surface area (Å²) in [6.45, 7) is 3.64. The number of ether oxygens (including phenoxy) is 1. The van der Waals surface area contributed by atoms with Crippen LogP contribution in [0, 0.1) is 13.8 Å². The number of amides is 1. The zero-order valence-electron chi connectivity index (χ0n) is 15.5. The Morgan fingerprint density at radius 2 is 1.86 bits per heavy atom. The van der Waals surface area contributed by atoms with Gasteiger partial charge in [-0.25, -0.2) is 0 Å². The summed E-state index contributed by atoms with van der Waals surface area (Å²) < 4.78 is 6.27. The number of halogens is 3. The summed E-state index contributed by atoms with van der Waals surface area (Å²) >= 11 is 21.0. The molecule has 152 valence electrons. The van der Waals surface area contributed by atoms with Gasteiger partial charge in [-0.3, -0.25) is 10.1 Å². The molecule has 3 rings (SSSR count). The van der Waals surface area contributed by atoms with E-state index in [-0.39, 0.29) is 12.5 Å². The highest BCUT2D eigenvalue weighted by Gasteiger charge is 2.11. The first-order chi connectivity index (χ1) is 13.8. The van der Waals surface area contributed by atoms with Gasteiger partial charge < -0.3 is 4.74 Å². The highest BCUT2D eigenvalue weighted by Crippen LogP contribution is 2.31. The lowest BCUT2D eigenvalue weighted by Gasteiger charge is -2.09. The fourth-order valence-corrected chi connectivity index (χ4v) is 4.83. The zero-order chi connectivity index (χ0) is 21.0. The summed E-state index contributed by atoms with van der Waals surface area (Å²) in [5, 5.41) is 13.1. The summed E-state index contributed by atoms with van der Waals surface area (Å²) in [7, 11) is 0. The third kappa shape index (κ3) is 6.23. The van der Waals surface area contributed by atoms with Crippen molar-refractivity contribution in [3.05, 3.63) is 62.1 Å². The molecule has 2 aromatic carbocycles. The summed E-state index contributed by atoms with van der Waals surface area (Å²) in [6.07, 6.45) is 0. The molecule has 0 saturated heterocycles. The fourth-order valence-electron chi connectivity index (χ4n) is 2.39. The predicted octanol–water partition coefficient (Wildman–Crippen LogP) is 6.42. The summed E-state index contributed by atoms with van der Waals surface area (Å²) in [5.41, 5.74) is 2.74. The maximum atomic E-state index is 12.1. The number of nitrogens with zero attached hydrogens (tertiary/aromatic N) is 2. The topological polar surface area (TPSA) is 64.1 Å². The molecule has 0 radical (unpaired) electrons. The number of aryl methyl sites for hydroxylation is 2. The lowest BCUT2D eigenvalue weighted by molar-refractivity contribution is -0.118. The van der Waals surface area contributed by atoms with Gasteiger partial charge in [0.25, 0.3) is 5.91 Å². The molecule has 0 fully saturated rings. The van der Waals surface area contributed by atoms with E-state index in [1.54, 1.807) is 24.3 Å². The van der Waals surface area contributed by atoms with Crippen LogP contribution in [0.2, 0.25) is 15.1 Å². The molecule has 3 aromatic rings. The summed E-state index contributed by atoms with van der Waals surface area (Å²) in [4.78, 5) is 12.1. The minimum Gasteiger partial charge on any atom is -0.484 e. The molecule has 10 heteroatoms. The minimum atomic E-state index is -0.316. The third-order valence-electron chi connectivity index (χ3n) is 3.80. The van der Waals surface area contributed by atoms with Gasteiger partial charge in [0.05, 0.1) is 0 Å². The first-order valence-corrected chi connectivity index (χ1v) is 11.3. The molecule has 0 aliphatic rings. The quantitative estimate of drug-likeness (QED) is 0.307. The largest absolute Gasteiger partial charge is 0.484 e. The van der Waals surface area contributed by atoms with E-state index in [1.165, 1.54) is 23.1 Å². The van der Waals surface area contributed by atoms with Crippen LogP contribution in [0.1, 0.15) is 16.7 Å². The molecule has 5 nitrogen and oxygen atoms in total. The van der Waals surface area contributed by atoms with E-state index in [9.17, 15) is 4.79 Å². The Morgan fingerprint density at radius 3 is 2.55 bits per heavy atom. The van der Waals surface area contributed by atoms with Crippen molar-refractivity contribution in [3.63, 3.8) is 0 Å². The number of aromatic nitrogens is 2. The Kier molecular flexibility index (Phi) is 7.65. The Labute approximate surface area is 191 Å². The van der Waals surface area contributed by atoms with Crippen LogP contribution in [0.15, 0.2) is 34.7 Å². The van der Waals surface area contributed by atoms with Gasteiger partial charge in [0.15, 0.2) is 10.9 Å². The number of nitrogens with one attached hydrogen (secondary N) is 1. The standard InChI is InChI=1S/C19H16Cl3N3O2S2/c1-10-5-14(6-11(2)17(10)22)27-8-16(26)23-18-24-25-19(29-18)28-9-12-3-4-13(20)7-15(12)21/h3-7H,8-9H2,1-2H3,(H,23,24,26). The van der Waals surface area contributed by atoms with Gasteiger partial charge in [0.1, 0.15) is 5.75 Å². The second-order valence-electron chi connectivity index (χ2n) is 6.11.